The smallest absolute Gasteiger partial charge is 0.293 e. The molecule has 1 aliphatic heterocycles. The molecule has 31 heavy (non-hydrogen) atoms. The van der Waals surface area contributed by atoms with Gasteiger partial charge < -0.3 is 14.8 Å². The van der Waals surface area contributed by atoms with Gasteiger partial charge in [-0.1, -0.05) is 24.0 Å². The Balaban J connectivity index is 1.33. The molecule has 2 N–H and O–H groups in total. The molecule has 0 unspecified atom stereocenters. The molecule has 0 atom stereocenters. The predicted molar refractivity (Wildman–Crippen MR) is 117 cm³/mol. The highest BCUT2D eigenvalue weighted by Gasteiger charge is 2.10. The lowest BCUT2D eigenvalue weighted by atomic mass is 10.1. The Labute approximate surface area is 180 Å². The van der Waals surface area contributed by atoms with Crippen LogP contribution in [-0.2, 0) is 24.1 Å². The maximum Gasteiger partial charge on any atom is 0.293 e. The van der Waals surface area contributed by atoms with Crippen molar-refractivity contribution in [1.29, 1.82) is 0 Å². The molecule has 0 radical (unpaired) electrons. The summed E-state index contributed by atoms with van der Waals surface area (Å²) in [4.78, 5) is 24.6. The molecule has 1 saturated heterocycles. The van der Waals surface area contributed by atoms with Gasteiger partial charge in [0.15, 0.2) is 0 Å². The average molecular weight is 416 g/mol. The quantitative estimate of drug-likeness (QED) is 0.618. The maximum atomic E-state index is 11.4. The number of aryl methyl sites for hydroxylation is 2. The summed E-state index contributed by atoms with van der Waals surface area (Å²) in [6, 6.07) is 12.2. The number of benzene rings is 1. The second-order valence-corrected chi connectivity index (χ2v) is 7.40. The van der Waals surface area contributed by atoms with E-state index < -0.39 is 5.56 Å². The lowest BCUT2D eigenvalue weighted by Gasteiger charge is -2.26. The van der Waals surface area contributed by atoms with Crippen molar-refractivity contribution in [2.75, 3.05) is 26.3 Å². The molecule has 2 aromatic heterocycles. The number of H-pyrrole nitrogens is 1. The zero-order valence-corrected chi connectivity index (χ0v) is 17.2. The van der Waals surface area contributed by atoms with E-state index in [0.29, 0.717) is 18.5 Å². The van der Waals surface area contributed by atoms with Gasteiger partial charge in [0.05, 0.1) is 25.2 Å². The number of nitrogens with one attached hydrogen (secondary N) is 1. The molecular formula is C24H24N4O3. The van der Waals surface area contributed by atoms with Gasteiger partial charge in [0, 0.05) is 42.7 Å². The van der Waals surface area contributed by atoms with E-state index in [9.17, 15) is 9.90 Å². The van der Waals surface area contributed by atoms with Crippen molar-refractivity contribution in [3.05, 3.63) is 87.4 Å². The summed E-state index contributed by atoms with van der Waals surface area (Å²) in [5, 5.41) is 9.74. The van der Waals surface area contributed by atoms with Crippen LogP contribution in [0, 0.1) is 11.8 Å². The minimum absolute atomic E-state index is 0.332. The Morgan fingerprint density at radius 3 is 2.48 bits per heavy atom. The van der Waals surface area contributed by atoms with Gasteiger partial charge in [0.25, 0.3) is 5.56 Å². The summed E-state index contributed by atoms with van der Waals surface area (Å²) in [6.07, 6.45) is 4.03. The monoisotopic (exact) mass is 416 g/mol. The molecule has 3 aromatic rings. The molecule has 7 nitrogen and oxygen atoms in total. The summed E-state index contributed by atoms with van der Waals surface area (Å²) < 4.78 is 5.39. The van der Waals surface area contributed by atoms with Gasteiger partial charge in [0.2, 0.25) is 5.75 Å². The van der Waals surface area contributed by atoms with Gasteiger partial charge in [-0.3, -0.25) is 14.7 Å². The lowest BCUT2D eigenvalue weighted by molar-refractivity contribution is 0.0342. The molecule has 3 heterocycles. The third kappa shape index (κ3) is 5.79. The number of morpholine rings is 1. The number of hydrogen-bond donors (Lipinski definition) is 2. The van der Waals surface area contributed by atoms with Crippen LogP contribution in [0.3, 0.4) is 0 Å². The molecule has 4 rings (SSSR count). The van der Waals surface area contributed by atoms with E-state index in [2.05, 4.69) is 43.8 Å². The summed E-state index contributed by atoms with van der Waals surface area (Å²) in [5.74, 6) is 5.99. The van der Waals surface area contributed by atoms with Crippen molar-refractivity contribution in [2.45, 2.75) is 19.4 Å². The fourth-order valence-corrected chi connectivity index (χ4v) is 3.36. The Hall–Kier alpha value is -3.47. The van der Waals surface area contributed by atoms with Gasteiger partial charge in [-0.05, 0) is 42.7 Å². The molecule has 0 spiro atoms. The number of pyridine rings is 1. The maximum absolute atomic E-state index is 11.4. The van der Waals surface area contributed by atoms with Crippen molar-refractivity contribution < 1.29 is 9.84 Å². The third-order valence-corrected chi connectivity index (χ3v) is 5.16. The number of aromatic amines is 1. The summed E-state index contributed by atoms with van der Waals surface area (Å²) >= 11 is 0. The van der Waals surface area contributed by atoms with E-state index in [1.165, 1.54) is 11.9 Å². The number of ether oxygens (including phenoxy) is 1. The Bertz CT molecular complexity index is 1120. The second kappa shape index (κ2) is 10.0. The minimum Gasteiger partial charge on any atom is -0.502 e. The van der Waals surface area contributed by atoms with Gasteiger partial charge in [-0.2, -0.15) is 0 Å². The van der Waals surface area contributed by atoms with Gasteiger partial charge in [0.1, 0.15) is 0 Å². The lowest BCUT2D eigenvalue weighted by Crippen LogP contribution is -2.35. The fourth-order valence-electron chi connectivity index (χ4n) is 3.36. The molecule has 0 bridgehead atoms. The van der Waals surface area contributed by atoms with Crippen LogP contribution in [-0.4, -0.2) is 51.3 Å². The van der Waals surface area contributed by atoms with Crippen molar-refractivity contribution in [3.63, 3.8) is 0 Å². The Morgan fingerprint density at radius 1 is 1.00 bits per heavy atom. The van der Waals surface area contributed by atoms with Crippen LogP contribution < -0.4 is 5.56 Å². The zero-order chi connectivity index (χ0) is 21.5. The highest BCUT2D eigenvalue weighted by molar-refractivity contribution is 5.42. The Kier molecular flexibility index (Phi) is 6.72. The first-order valence-electron chi connectivity index (χ1n) is 10.3. The minimum atomic E-state index is -0.530. The Morgan fingerprint density at radius 2 is 1.74 bits per heavy atom. The number of hydrogen-bond acceptors (Lipinski definition) is 6. The number of rotatable bonds is 5. The number of aromatic hydroxyl groups is 1. The van der Waals surface area contributed by atoms with Crippen LogP contribution in [0.25, 0.3) is 0 Å². The van der Waals surface area contributed by atoms with Crippen LogP contribution in [0.2, 0.25) is 0 Å². The molecule has 7 heteroatoms. The highest BCUT2D eigenvalue weighted by atomic mass is 16.5. The third-order valence-electron chi connectivity index (χ3n) is 5.16. The first-order valence-corrected chi connectivity index (χ1v) is 10.3. The van der Waals surface area contributed by atoms with Crippen molar-refractivity contribution in [3.8, 4) is 17.6 Å². The molecule has 1 aliphatic rings. The average Bonchev–Trinajstić information content (AvgIpc) is 2.81. The molecule has 0 aliphatic carbocycles. The van der Waals surface area contributed by atoms with Crippen molar-refractivity contribution in [2.24, 2.45) is 0 Å². The first-order chi connectivity index (χ1) is 15.2. The number of aromatic nitrogens is 3. The normalized spacial score (nSPS) is 14.1. The molecule has 1 aromatic carbocycles. The largest absolute Gasteiger partial charge is 0.502 e. The molecule has 0 saturated carbocycles. The second-order valence-electron chi connectivity index (χ2n) is 7.40. The zero-order valence-electron chi connectivity index (χ0n) is 17.2. The van der Waals surface area contributed by atoms with E-state index in [4.69, 9.17) is 4.74 Å². The summed E-state index contributed by atoms with van der Waals surface area (Å²) in [6.45, 7) is 4.51. The van der Waals surface area contributed by atoms with Crippen LogP contribution in [0.4, 0.5) is 0 Å². The predicted octanol–water partition coefficient (Wildman–Crippen LogP) is 1.89. The van der Waals surface area contributed by atoms with E-state index in [1.807, 2.05) is 24.3 Å². The fraction of sp³-hybridized carbons (Fsp3) is 0.292. The molecule has 0 amide bonds. The summed E-state index contributed by atoms with van der Waals surface area (Å²) in [5.41, 5.74) is 3.76. The topological polar surface area (TPSA) is 91.3 Å². The van der Waals surface area contributed by atoms with Crippen molar-refractivity contribution in [1.82, 2.24) is 19.9 Å². The first kappa shape index (κ1) is 20.8. The van der Waals surface area contributed by atoms with E-state index in [-0.39, 0.29) is 5.75 Å². The van der Waals surface area contributed by atoms with Crippen molar-refractivity contribution >= 4 is 0 Å². The summed E-state index contributed by atoms with van der Waals surface area (Å²) in [7, 11) is 0. The van der Waals surface area contributed by atoms with Crippen LogP contribution >= 0.6 is 0 Å². The van der Waals surface area contributed by atoms with Crippen LogP contribution in [0.15, 0.2) is 53.7 Å². The number of nitrogens with zero attached hydrogens (tertiary/aromatic N) is 3. The van der Waals surface area contributed by atoms with Gasteiger partial charge in [-0.15, -0.1) is 0 Å². The van der Waals surface area contributed by atoms with E-state index >= 15 is 0 Å². The van der Waals surface area contributed by atoms with Gasteiger partial charge >= 0.3 is 0 Å². The highest BCUT2D eigenvalue weighted by Crippen LogP contribution is 2.11. The van der Waals surface area contributed by atoms with E-state index in [0.717, 1.165) is 49.7 Å². The standard InChI is InChI=1S/C24H24N4O3/c29-23-22(26-17-27-24(23)30)10-9-21-8-7-19(15-25-21)4-1-18-2-5-20(6-3-18)16-28-11-13-31-14-12-28/h2-3,5-8,15,17,29H,9-14,16H2,(H,26,27,30). The molecular weight excluding hydrogens is 392 g/mol. The van der Waals surface area contributed by atoms with E-state index in [1.54, 1.807) is 6.20 Å². The van der Waals surface area contributed by atoms with Crippen LogP contribution in [0.1, 0.15) is 28.1 Å². The SMILES string of the molecule is O=c1[nH]cnc(CCc2ccc(C#Cc3ccc(CN4CCOCC4)cc3)cn2)c1O. The molecule has 158 valence electrons. The van der Waals surface area contributed by atoms with Gasteiger partial charge in [-0.25, -0.2) is 4.98 Å². The van der Waals surface area contributed by atoms with Crippen LogP contribution in [0.5, 0.6) is 5.75 Å². The molecule has 1 fully saturated rings.